The van der Waals surface area contributed by atoms with E-state index in [0.717, 1.165) is 12.2 Å². The first-order chi connectivity index (χ1) is 10.1. The van der Waals surface area contributed by atoms with E-state index >= 15 is 0 Å². The Balaban J connectivity index is 2.02. The van der Waals surface area contributed by atoms with Crippen molar-refractivity contribution in [3.63, 3.8) is 0 Å². The predicted molar refractivity (Wildman–Crippen MR) is 85.0 cm³/mol. The molecule has 1 aliphatic carbocycles. The van der Waals surface area contributed by atoms with Gasteiger partial charge >= 0.3 is 0 Å². The average Bonchev–Trinajstić information content (AvgIpc) is 2.53. The van der Waals surface area contributed by atoms with Gasteiger partial charge in [0.15, 0.2) is 0 Å². The van der Waals surface area contributed by atoms with Gasteiger partial charge in [-0.25, -0.2) is 10.8 Å². The van der Waals surface area contributed by atoms with Gasteiger partial charge < -0.3 is 10.7 Å². The zero-order chi connectivity index (χ0) is 15.2. The largest absolute Gasteiger partial charge is 0.352 e. The number of carbonyl (C=O) groups excluding carboxylic acids is 1. The van der Waals surface area contributed by atoms with Crippen LogP contribution < -0.4 is 16.6 Å². The van der Waals surface area contributed by atoms with Gasteiger partial charge in [0.2, 0.25) is 0 Å². The molecule has 1 aromatic heterocycles. The molecule has 0 unspecified atom stereocenters. The third kappa shape index (κ3) is 4.43. The lowest BCUT2D eigenvalue weighted by atomic mass is 9.89. The Labute approximate surface area is 126 Å². The molecule has 1 saturated carbocycles. The molecule has 21 heavy (non-hydrogen) atoms. The Kier molecular flexibility index (Phi) is 5.56. The van der Waals surface area contributed by atoms with Crippen LogP contribution in [0.2, 0.25) is 0 Å². The van der Waals surface area contributed by atoms with E-state index in [1.165, 1.54) is 32.1 Å². The van der Waals surface area contributed by atoms with Crippen molar-refractivity contribution in [1.29, 1.82) is 0 Å². The van der Waals surface area contributed by atoms with Crippen molar-refractivity contribution >= 4 is 11.7 Å². The number of hydrogen-bond donors (Lipinski definition) is 3. The van der Waals surface area contributed by atoms with Gasteiger partial charge in [-0.2, -0.15) is 0 Å². The predicted octanol–water partition coefficient (Wildman–Crippen LogP) is 2.80. The van der Waals surface area contributed by atoms with Gasteiger partial charge in [-0.15, -0.1) is 0 Å². The molecule has 0 bridgehead atoms. The van der Waals surface area contributed by atoms with Crippen LogP contribution in [0.3, 0.4) is 0 Å². The lowest BCUT2D eigenvalue weighted by Crippen LogP contribution is -2.30. The molecule has 0 aromatic carbocycles. The molecule has 116 valence electrons. The molecule has 1 aliphatic rings. The molecule has 4 N–H and O–H groups in total. The molecular formula is C16H26N4O. The van der Waals surface area contributed by atoms with Crippen LogP contribution in [0.4, 0.5) is 5.82 Å². The molecule has 5 nitrogen and oxygen atoms in total. The minimum Gasteiger partial charge on any atom is -0.352 e. The summed E-state index contributed by atoms with van der Waals surface area (Å²) in [5, 5.41) is 3.05. The van der Waals surface area contributed by atoms with Crippen LogP contribution in [0.25, 0.3) is 0 Å². The Morgan fingerprint density at radius 3 is 2.67 bits per heavy atom. The van der Waals surface area contributed by atoms with Crippen molar-refractivity contribution in [2.24, 2.45) is 11.8 Å². The minimum absolute atomic E-state index is 0.0404. The number of hydrazine groups is 1. The molecule has 1 aromatic rings. The molecule has 0 saturated heterocycles. The molecule has 1 amide bonds. The van der Waals surface area contributed by atoms with Crippen LogP contribution in [0.1, 0.15) is 67.9 Å². The molecule has 5 heteroatoms. The highest BCUT2D eigenvalue weighted by atomic mass is 16.1. The fourth-order valence-corrected chi connectivity index (χ4v) is 2.78. The van der Waals surface area contributed by atoms with Crippen LogP contribution in [-0.4, -0.2) is 17.4 Å². The number of rotatable bonds is 5. The third-order valence-electron chi connectivity index (χ3n) is 4.12. The summed E-state index contributed by atoms with van der Waals surface area (Å²) >= 11 is 0. The Bertz CT molecular complexity index is 481. The number of carbonyl (C=O) groups is 1. The summed E-state index contributed by atoms with van der Waals surface area (Å²) in [5.74, 6) is 6.80. The smallest absolute Gasteiger partial charge is 0.251 e. The van der Waals surface area contributed by atoms with Crippen LogP contribution in [-0.2, 0) is 0 Å². The second-order valence-corrected chi connectivity index (χ2v) is 6.18. The summed E-state index contributed by atoms with van der Waals surface area (Å²) in [5.41, 5.74) is 4.02. The number of nitrogens with zero attached hydrogens (tertiary/aromatic N) is 1. The lowest BCUT2D eigenvalue weighted by Gasteiger charge is -2.21. The number of nitrogen functional groups attached to an aromatic ring is 1. The van der Waals surface area contributed by atoms with Gasteiger partial charge in [-0.05, 0) is 36.8 Å². The van der Waals surface area contributed by atoms with E-state index in [0.29, 0.717) is 17.3 Å². The molecule has 2 rings (SSSR count). The van der Waals surface area contributed by atoms with Crippen molar-refractivity contribution in [1.82, 2.24) is 10.3 Å². The summed E-state index contributed by atoms with van der Waals surface area (Å²) in [6.07, 6.45) is 6.36. The van der Waals surface area contributed by atoms with E-state index in [1.807, 2.05) is 19.9 Å². The first-order valence-corrected chi connectivity index (χ1v) is 7.87. The van der Waals surface area contributed by atoms with E-state index in [2.05, 4.69) is 15.7 Å². The van der Waals surface area contributed by atoms with Gasteiger partial charge in [0.1, 0.15) is 5.82 Å². The molecule has 0 atom stereocenters. The molecule has 1 fully saturated rings. The minimum atomic E-state index is -0.0404. The first kappa shape index (κ1) is 15.8. The second-order valence-electron chi connectivity index (χ2n) is 6.18. The maximum absolute atomic E-state index is 12.3. The number of nitrogens with two attached hydrogens (primary N) is 1. The zero-order valence-electron chi connectivity index (χ0n) is 13.0. The number of hydrogen-bond acceptors (Lipinski definition) is 4. The van der Waals surface area contributed by atoms with Crippen LogP contribution in [0.5, 0.6) is 0 Å². The van der Waals surface area contributed by atoms with E-state index in [1.54, 1.807) is 6.07 Å². The Hall–Kier alpha value is -1.62. The van der Waals surface area contributed by atoms with Gasteiger partial charge in [0, 0.05) is 17.8 Å². The van der Waals surface area contributed by atoms with Crippen molar-refractivity contribution in [3.05, 3.63) is 23.4 Å². The van der Waals surface area contributed by atoms with Gasteiger partial charge in [-0.1, -0.05) is 33.1 Å². The number of nitrogens with one attached hydrogen (secondary N) is 2. The highest BCUT2D eigenvalue weighted by Gasteiger charge is 2.16. The maximum atomic E-state index is 12.3. The second kappa shape index (κ2) is 7.41. The Morgan fingerprint density at radius 2 is 2.05 bits per heavy atom. The van der Waals surface area contributed by atoms with Crippen molar-refractivity contribution < 1.29 is 4.79 Å². The van der Waals surface area contributed by atoms with Crippen LogP contribution >= 0.6 is 0 Å². The summed E-state index contributed by atoms with van der Waals surface area (Å²) in [4.78, 5) is 16.7. The van der Waals surface area contributed by atoms with Crippen molar-refractivity contribution in [2.45, 2.75) is 51.9 Å². The van der Waals surface area contributed by atoms with E-state index in [-0.39, 0.29) is 11.8 Å². The first-order valence-electron chi connectivity index (χ1n) is 7.87. The van der Waals surface area contributed by atoms with Gasteiger partial charge in [-0.3, -0.25) is 4.79 Å². The molecular weight excluding hydrogens is 264 g/mol. The SMILES string of the molecule is CC(C)c1cc(C(=O)NCC2CCCCC2)cc(NN)n1. The topological polar surface area (TPSA) is 80.0 Å². The van der Waals surface area contributed by atoms with E-state index < -0.39 is 0 Å². The van der Waals surface area contributed by atoms with Crippen LogP contribution in [0, 0.1) is 5.92 Å². The van der Waals surface area contributed by atoms with Gasteiger partial charge in [0.05, 0.1) is 0 Å². The number of aromatic nitrogens is 1. The van der Waals surface area contributed by atoms with E-state index in [4.69, 9.17) is 5.84 Å². The van der Waals surface area contributed by atoms with Crippen molar-refractivity contribution in [3.8, 4) is 0 Å². The summed E-state index contributed by atoms with van der Waals surface area (Å²) in [7, 11) is 0. The highest BCUT2D eigenvalue weighted by molar-refractivity contribution is 5.95. The fourth-order valence-electron chi connectivity index (χ4n) is 2.78. The summed E-state index contributed by atoms with van der Waals surface area (Å²) < 4.78 is 0. The number of anilines is 1. The monoisotopic (exact) mass is 290 g/mol. The average molecular weight is 290 g/mol. The normalized spacial score (nSPS) is 16.0. The van der Waals surface area contributed by atoms with Gasteiger partial charge in [0.25, 0.3) is 5.91 Å². The zero-order valence-corrected chi connectivity index (χ0v) is 13.0. The molecule has 0 aliphatic heterocycles. The summed E-state index contributed by atoms with van der Waals surface area (Å²) in [6.45, 7) is 4.86. The molecule has 0 spiro atoms. The molecule has 0 radical (unpaired) electrons. The summed E-state index contributed by atoms with van der Waals surface area (Å²) in [6, 6.07) is 3.55. The number of amides is 1. The number of pyridine rings is 1. The Morgan fingerprint density at radius 1 is 1.33 bits per heavy atom. The van der Waals surface area contributed by atoms with E-state index in [9.17, 15) is 4.79 Å². The maximum Gasteiger partial charge on any atom is 0.251 e. The van der Waals surface area contributed by atoms with Crippen LogP contribution in [0.15, 0.2) is 12.1 Å². The fraction of sp³-hybridized carbons (Fsp3) is 0.625. The lowest BCUT2D eigenvalue weighted by molar-refractivity contribution is 0.0943. The third-order valence-corrected chi connectivity index (χ3v) is 4.12. The quantitative estimate of drug-likeness (QED) is 0.575. The van der Waals surface area contributed by atoms with Crippen molar-refractivity contribution in [2.75, 3.05) is 12.0 Å². The molecule has 1 heterocycles. The highest BCUT2D eigenvalue weighted by Crippen LogP contribution is 2.23. The standard InChI is InChI=1S/C16H26N4O/c1-11(2)14-8-13(9-15(19-14)20-17)16(21)18-10-12-6-4-3-5-7-12/h8-9,11-12H,3-7,10,17H2,1-2H3,(H,18,21)(H,19,20).